The molecule has 1 aromatic heterocycles. The van der Waals surface area contributed by atoms with Crippen molar-refractivity contribution < 1.29 is 14.5 Å². The van der Waals surface area contributed by atoms with Crippen LogP contribution >= 0.6 is 0 Å². The van der Waals surface area contributed by atoms with Crippen molar-refractivity contribution in [3.05, 3.63) is 83.2 Å². The van der Waals surface area contributed by atoms with Gasteiger partial charge < -0.3 is 10.6 Å². The Morgan fingerprint density at radius 3 is 2.46 bits per heavy atom. The van der Waals surface area contributed by atoms with Gasteiger partial charge >= 0.3 is 0 Å². The number of fused-ring (bicyclic) bond motifs is 1. The van der Waals surface area contributed by atoms with Crippen LogP contribution in [-0.4, -0.2) is 21.7 Å². The molecule has 8 heteroatoms. The highest BCUT2D eigenvalue weighted by Crippen LogP contribution is 2.47. The Bertz CT molecular complexity index is 975. The van der Waals surface area contributed by atoms with Crippen molar-refractivity contribution >= 4 is 28.9 Å². The molecule has 0 aliphatic carbocycles. The number of allylic oxidation sites excluding steroid dienone is 2. The summed E-state index contributed by atoms with van der Waals surface area (Å²) in [5, 5.41) is 16.8. The predicted molar refractivity (Wildman–Crippen MR) is 105 cm³/mol. The summed E-state index contributed by atoms with van der Waals surface area (Å²) in [4.78, 5) is 40.0. The molecule has 2 aromatic rings. The molecule has 2 N–H and O–H groups in total. The van der Waals surface area contributed by atoms with E-state index in [1.165, 1.54) is 36.7 Å². The molecule has 2 amide bonds. The maximum absolute atomic E-state index is 12.7. The number of carbonyl (C=O) groups excluding carboxylic acids is 2. The number of nitro groups is 1. The number of rotatable bonds is 7. The standard InChI is InChI=1S/C20H18N4O4/c1-3-7-20(8-4-2)14-11-16(22-18(25)13-5-9-21-10-6-13)17(24(27)28)12-15(14)23-19(20)26/h3-6,9-12H,1-2,7-8H2,(H,22,25)(H,23,26). The largest absolute Gasteiger partial charge is 0.325 e. The van der Waals surface area contributed by atoms with E-state index < -0.39 is 16.2 Å². The monoisotopic (exact) mass is 378 g/mol. The first-order chi connectivity index (χ1) is 13.4. The van der Waals surface area contributed by atoms with Gasteiger partial charge in [-0.15, -0.1) is 13.2 Å². The quantitative estimate of drug-likeness (QED) is 0.434. The second kappa shape index (κ2) is 7.43. The zero-order valence-corrected chi connectivity index (χ0v) is 15.0. The molecule has 1 aromatic carbocycles. The van der Waals surface area contributed by atoms with Crippen LogP contribution in [0.5, 0.6) is 0 Å². The lowest BCUT2D eigenvalue weighted by molar-refractivity contribution is -0.383. The summed E-state index contributed by atoms with van der Waals surface area (Å²) in [7, 11) is 0. The van der Waals surface area contributed by atoms with Crippen LogP contribution in [0.2, 0.25) is 0 Å². The van der Waals surface area contributed by atoms with E-state index in [0.717, 1.165) is 0 Å². The van der Waals surface area contributed by atoms with Crippen LogP contribution in [0.25, 0.3) is 0 Å². The maximum Gasteiger partial charge on any atom is 0.294 e. The zero-order valence-electron chi connectivity index (χ0n) is 15.0. The van der Waals surface area contributed by atoms with Crippen molar-refractivity contribution in [3.8, 4) is 0 Å². The Morgan fingerprint density at radius 1 is 1.25 bits per heavy atom. The van der Waals surface area contributed by atoms with Gasteiger partial charge in [0.2, 0.25) is 5.91 Å². The van der Waals surface area contributed by atoms with Crippen LogP contribution in [0, 0.1) is 10.1 Å². The summed E-state index contributed by atoms with van der Waals surface area (Å²) >= 11 is 0. The Labute approximate surface area is 161 Å². The SMILES string of the molecule is C=CCC1(CC=C)C(=O)Nc2cc([N+](=O)[O-])c(NC(=O)c3ccncc3)cc21. The second-order valence-electron chi connectivity index (χ2n) is 6.38. The first kappa shape index (κ1) is 19.0. The molecule has 0 bridgehead atoms. The molecule has 8 nitrogen and oxygen atoms in total. The topological polar surface area (TPSA) is 114 Å². The molecule has 28 heavy (non-hydrogen) atoms. The number of anilines is 2. The number of nitro benzene ring substituents is 1. The van der Waals surface area contributed by atoms with Crippen molar-refractivity contribution in [2.45, 2.75) is 18.3 Å². The molecule has 1 aliphatic heterocycles. The Kier molecular flexibility index (Phi) is 5.04. The highest BCUT2D eigenvalue weighted by Gasteiger charge is 2.46. The van der Waals surface area contributed by atoms with Gasteiger partial charge in [-0.2, -0.15) is 0 Å². The van der Waals surface area contributed by atoms with Crippen LogP contribution in [0.1, 0.15) is 28.8 Å². The molecule has 3 rings (SSSR count). The molecule has 0 radical (unpaired) electrons. The molecule has 0 atom stereocenters. The minimum atomic E-state index is -0.968. The van der Waals surface area contributed by atoms with Crippen molar-refractivity contribution in [1.29, 1.82) is 0 Å². The van der Waals surface area contributed by atoms with Gasteiger partial charge in [-0.05, 0) is 36.6 Å². The third-order valence-corrected chi connectivity index (χ3v) is 4.71. The van der Waals surface area contributed by atoms with Crippen molar-refractivity contribution in [1.82, 2.24) is 4.98 Å². The first-order valence-electron chi connectivity index (χ1n) is 8.50. The molecule has 0 saturated heterocycles. The highest BCUT2D eigenvalue weighted by molar-refractivity contribution is 6.09. The second-order valence-corrected chi connectivity index (χ2v) is 6.38. The number of benzene rings is 1. The number of hydrogen-bond acceptors (Lipinski definition) is 5. The van der Waals surface area contributed by atoms with Gasteiger partial charge in [-0.25, -0.2) is 0 Å². The Morgan fingerprint density at radius 2 is 1.89 bits per heavy atom. The number of amides is 2. The number of nitrogens with one attached hydrogen (secondary N) is 2. The summed E-state index contributed by atoms with van der Waals surface area (Å²) in [6.07, 6.45) is 6.80. The number of aromatic nitrogens is 1. The molecule has 1 aliphatic rings. The van der Waals surface area contributed by atoms with Crippen LogP contribution in [0.3, 0.4) is 0 Å². The van der Waals surface area contributed by atoms with E-state index >= 15 is 0 Å². The predicted octanol–water partition coefficient (Wildman–Crippen LogP) is 3.58. The molecule has 0 unspecified atom stereocenters. The molecule has 0 spiro atoms. The number of hydrogen-bond donors (Lipinski definition) is 2. The minimum absolute atomic E-state index is 0.0135. The fourth-order valence-corrected chi connectivity index (χ4v) is 3.38. The van der Waals surface area contributed by atoms with Crippen LogP contribution < -0.4 is 10.6 Å². The normalized spacial score (nSPS) is 13.9. The van der Waals surface area contributed by atoms with E-state index in [2.05, 4.69) is 28.8 Å². The maximum atomic E-state index is 12.7. The molecule has 0 saturated carbocycles. The Hall–Kier alpha value is -3.81. The van der Waals surface area contributed by atoms with E-state index in [9.17, 15) is 19.7 Å². The third-order valence-electron chi connectivity index (χ3n) is 4.71. The average molecular weight is 378 g/mol. The van der Waals surface area contributed by atoms with Gasteiger partial charge in [0, 0.05) is 24.0 Å². The lowest BCUT2D eigenvalue weighted by Crippen LogP contribution is -2.33. The van der Waals surface area contributed by atoms with Crippen LogP contribution in [0.4, 0.5) is 17.1 Å². The fraction of sp³-hybridized carbons (Fsp3) is 0.150. The highest BCUT2D eigenvalue weighted by atomic mass is 16.6. The van der Waals surface area contributed by atoms with Crippen LogP contribution in [0.15, 0.2) is 62.0 Å². The Balaban J connectivity index is 2.11. The molecular formula is C20H18N4O4. The van der Waals surface area contributed by atoms with E-state index in [1.54, 1.807) is 12.2 Å². The van der Waals surface area contributed by atoms with Crippen LogP contribution in [-0.2, 0) is 10.2 Å². The average Bonchev–Trinajstić information content (AvgIpc) is 2.93. The minimum Gasteiger partial charge on any atom is -0.325 e. The molecular weight excluding hydrogens is 360 g/mol. The number of carbonyl (C=O) groups is 2. The van der Waals surface area contributed by atoms with Crippen molar-refractivity contribution in [2.24, 2.45) is 0 Å². The van der Waals surface area contributed by atoms with E-state index in [4.69, 9.17) is 0 Å². The van der Waals surface area contributed by atoms with Gasteiger partial charge in [0.15, 0.2) is 0 Å². The van der Waals surface area contributed by atoms with Gasteiger partial charge in [0.05, 0.1) is 16.0 Å². The fourth-order valence-electron chi connectivity index (χ4n) is 3.38. The number of pyridine rings is 1. The summed E-state index contributed by atoms with van der Waals surface area (Å²) in [5.74, 6) is -0.796. The lowest BCUT2D eigenvalue weighted by atomic mass is 9.75. The summed E-state index contributed by atoms with van der Waals surface area (Å²) in [5.41, 5.74) is -0.0453. The van der Waals surface area contributed by atoms with E-state index in [0.29, 0.717) is 29.7 Å². The van der Waals surface area contributed by atoms with Crippen molar-refractivity contribution in [3.63, 3.8) is 0 Å². The first-order valence-corrected chi connectivity index (χ1v) is 8.50. The van der Waals surface area contributed by atoms with Gasteiger partial charge in [-0.1, -0.05) is 12.2 Å². The summed E-state index contributed by atoms with van der Waals surface area (Å²) in [6, 6.07) is 5.75. The lowest BCUT2D eigenvalue weighted by Gasteiger charge is -2.25. The smallest absolute Gasteiger partial charge is 0.294 e. The molecule has 142 valence electrons. The molecule has 0 fully saturated rings. The van der Waals surface area contributed by atoms with Crippen molar-refractivity contribution in [2.75, 3.05) is 10.6 Å². The van der Waals surface area contributed by atoms with E-state index in [1.807, 2.05) is 0 Å². The molecule has 2 heterocycles. The van der Waals surface area contributed by atoms with Gasteiger partial charge in [0.25, 0.3) is 11.6 Å². The van der Waals surface area contributed by atoms with E-state index in [-0.39, 0.29) is 17.3 Å². The number of nitrogens with zero attached hydrogens (tertiary/aromatic N) is 2. The summed E-state index contributed by atoms with van der Waals surface area (Å²) in [6.45, 7) is 7.43. The van der Waals surface area contributed by atoms with Gasteiger partial charge in [0.1, 0.15) is 5.69 Å². The summed E-state index contributed by atoms with van der Waals surface area (Å²) < 4.78 is 0. The zero-order chi connectivity index (χ0) is 20.3. The van der Waals surface area contributed by atoms with Gasteiger partial charge in [-0.3, -0.25) is 24.7 Å². The third kappa shape index (κ3) is 3.16.